The summed E-state index contributed by atoms with van der Waals surface area (Å²) < 4.78 is 13.0. The van der Waals surface area contributed by atoms with Gasteiger partial charge in [0.2, 0.25) is 0 Å². The molecule has 1 fully saturated rings. The van der Waals surface area contributed by atoms with Crippen LogP contribution in [0.15, 0.2) is 24.3 Å². The van der Waals surface area contributed by atoms with Gasteiger partial charge in [-0.1, -0.05) is 18.6 Å². The SMILES string of the molecule is CN1CCCCC1CNCCc1cccc(F)c1. The highest BCUT2D eigenvalue weighted by atomic mass is 19.1. The van der Waals surface area contributed by atoms with Gasteiger partial charge in [-0.15, -0.1) is 0 Å². The van der Waals surface area contributed by atoms with Gasteiger partial charge in [0.15, 0.2) is 0 Å². The van der Waals surface area contributed by atoms with Crippen LogP contribution in [0.4, 0.5) is 4.39 Å². The van der Waals surface area contributed by atoms with Crippen molar-refractivity contribution in [3.8, 4) is 0 Å². The molecule has 0 saturated carbocycles. The van der Waals surface area contributed by atoms with Crippen molar-refractivity contribution in [1.82, 2.24) is 10.2 Å². The van der Waals surface area contributed by atoms with E-state index in [2.05, 4.69) is 17.3 Å². The number of likely N-dealkylation sites (tertiary alicyclic amines) is 1. The van der Waals surface area contributed by atoms with Gasteiger partial charge in [0.05, 0.1) is 0 Å². The summed E-state index contributed by atoms with van der Waals surface area (Å²) >= 11 is 0. The third kappa shape index (κ3) is 4.07. The Balaban J connectivity index is 1.66. The zero-order chi connectivity index (χ0) is 12.8. The topological polar surface area (TPSA) is 15.3 Å². The number of hydrogen-bond donors (Lipinski definition) is 1. The van der Waals surface area contributed by atoms with E-state index >= 15 is 0 Å². The Hall–Kier alpha value is -0.930. The fourth-order valence-electron chi connectivity index (χ4n) is 2.60. The van der Waals surface area contributed by atoms with Gasteiger partial charge < -0.3 is 10.2 Å². The van der Waals surface area contributed by atoms with E-state index in [1.807, 2.05) is 6.07 Å². The Morgan fingerprint density at radius 1 is 1.39 bits per heavy atom. The molecule has 0 aromatic heterocycles. The highest BCUT2D eigenvalue weighted by Crippen LogP contribution is 2.13. The third-order valence-electron chi connectivity index (χ3n) is 3.78. The first kappa shape index (κ1) is 13.5. The number of likely N-dealkylation sites (N-methyl/N-ethyl adjacent to an activating group) is 1. The summed E-state index contributed by atoms with van der Waals surface area (Å²) in [5.41, 5.74) is 1.07. The molecule has 2 nitrogen and oxygen atoms in total. The summed E-state index contributed by atoms with van der Waals surface area (Å²) in [6, 6.07) is 7.55. The fraction of sp³-hybridized carbons (Fsp3) is 0.600. The Labute approximate surface area is 109 Å². The Morgan fingerprint density at radius 2 is 2.28 bits per heavy atom. The maximum atomic E-state index is 13.0. The Bertz CT molecular complexity index is 367. The van der Waals surface area contributed by atoms with Crippen LogP contribution in [0.5, 0.6) is 0 Å². The van der Waals surface area contributed by atoms with Gasteiger partial charge in [-0.05, 0) is 57.1 Å². The minimum atomic E-state index is -0.139. The molecule has 1 atom stereocenters. The van der Waals surface area contributed by atoms with Gasteiger partial charge in [0, 0.05) is 12.6 Å². The highest BCUT2D eigenvalue weighted by Gasteiger charge is 2.17. The molecule has 1 N–H and O–H groups in total. The lowest BCUT2D eigenvalue weighted by atomic mass is 10.0. The van der Waals surface area contributed by atoms with Crippen molar-refractivity contribution in [3.05, 3.63) is 35.6 Å². The van der Waals surface area contributed by atoms with Crippen molar-refractivity contribution >= 4 is 0 Å². The zero-order valence-corrected chi connectivity index (χ0v) is 11.2. The van der Waals surface area contributed by atoms with E-state index in [-0.39, 0.29) is 5.82 Å². The van der Waals surface area contributed by atoms with Crippen LogP contribution in [0.3, 0.4) is 0 Å². The molecule has 1 heterocycles. The number of nitrogens with zero attached hydrogens (tertiary/aromatic N) is 1. The number of nitrogens with one attached hydrogen (secondary N) is 1. The summed E-state index contributed by atoms with van der Waals surface area (Å²) in [6.45, 7) is 3.19. The smallest absolute Gasteiger partial charge is 0.123 e. The van der Waals surface area contributed by atoms with E-state index in [0.717, 1.165) is 25.1 Å². The van der Waals surface area contributed by atoms with Gasteiger partial charge in [-0.2, -0.15) is 0 Å². The third-order valence-corrected chi connectivity index (χ3v) is 3.78. The van der Waals surface area contributed by atoms with Crippen LogP contribution in [0.1, 0.15) is 24.8 Å². The lowest BCUT2D eigenvalue weighted by Gasteiger charge is -2.32. The second-order valence-electron chi connectivity index (χ2n) is 5.21. The van der Waals surface area contributed by atoms with E-state index in [0.29, 0.717) is 6.04 Å². The summed E-state index contributed by atoms with van der Waals surface area (Å²) in [7, 11) is 2.21. The van der Waals surface area contributed by atoms with Crippen LogP contribution < -0.4 is 5.32 Å². The Kier molecular flexibility index (Phi) is 5.14. The maximum absolute atomic E-state index is 13.0. The van der Waals surface area contributed by atoms with Crippen LogP contribution in [0.25, 0.3) is 0 Å². The molecule has 1 saturated heterocycles. The molecule has 3 heteroatoms. The van der Waals surface area contributed by atoms with Crippen LogP contribution in [0, 0.1) is 5.82 Å². The molecule has 1 unspecified atom stereocenters. The predicted molar refractivity (Wildman–Crippen MR) is 73.2 cm³/mol. The molecule has 18 heavy (non-hydrogen) atoms. The number of rotatable bonds is 5. The molecule has 100 valence electrons. The predicted octanol–water partition coefficient (Wildman–Crippen LogP) is 2.44. The van der Waals surface area contributed by atoms with E-state index < -0.39 is 0 Å². The molecule has 1 aliphatic rings. The van der Waals surface area contributed by atoms with Crippen molar-refractivity contribution < 1.29 is 4.39 Å². The summed E-state index contributed by atoms with van der Waals surface area (Å²) in [4.78, 5) is 2.44. The normalized spacial score (nSPS) is 21.1. The summed E-state index contributed by atoms with van der Waals surface area (Å²) in [5, 5.41) is 3.49. The van der Waals surface area contributed by atoms with Crippen LogP contribution in [-0.2, 0) is 6.42 Å². The summed E-state index contributed by atoms with van der Waals surface area (Å²) in [5.74, 6) is -0.139. The van der Waals surface area contributed by atoms with Crippen LogP contribution in [-0.4, -0.2) is 37.6 Å². The van der Waals surface area contributed by atoms with Gasteiger partial charge in [-0.3, -0.25) is 0 Å². The molecule has 0 amide bonds. The quantitative estimate of drug-likeness (QED) is 0.808. The molecule has 1 aromatic rings. The monoisotopic (exact) mass is 250 g/mol. The molecule has 1 aromatic carbocycles. The zero-order valence-electron chi connectivity index (χ0n) is 11.2. The average molecular weight is 250 g/mol. The summed E-state index contributed by atoms with van der Waals surface area (Å²) in [6.07, 6.45) is 4.87. The lowest BCUT2D eigenvalue weighted by Crippen LogP contribution is -2.43. The minimum absolute atomic E-state index is 0.139. The van der Waals surface area contributed by atoms with Crippen LogP contribution >= 0.6 is 0 Å². The van der Waals surface area contributed by atoms with Gasteiger partial charge in [0.1, 0.15) is 5.82 Å². The van der Waals surface area contributed by atoms with E-state index in [1.54, 1.807) is 12.1 Å². The van der Waals surface area contributed by atoms with E-state index in [1.165, 1.54) is 31.9 Å². The number of hydrogen-bond acceptors (Lipinski definition) is 2. The number of benzene rings is 1. The average Bonchev–Trinajstić information content (AvgIpc) is 2.37. The largest absolute Gasteiger partial charge is 0.315 e. The molecule has 1 aliphatic heterocycles. The van der Waals surface area contributed by atoms with Crippen molar-refractivity contribution in [1.29, 1.82) is 0 Å². The first-order valence-electron chi connectivity index (χ1n) is 6.91. The van der Waals surface area contributed by atoms with Gasteiger partial charge in [-0.25, -0.2) is 4.39 Å². The van der Waals surface area contributed by atoms with Gasteiger partial charge in [0.25, 0.3) is 0 Å². The minimum Gasteiger partial charge on any atom is -0.315 e. The van der Waals surface area contributed by atoms with Crippen molar-refractivity contribution in [2.75, 3.05) is 26.7 Å². The molecular formula is C15H23FN2. The molecule has 2 rings (SSSR count). The number of halogens is 1. The molecule has 0 radical (unpaired) electrons. The molecular weight excluding hydrogens is 227 g/mol. The molecule has 0 aliphatic carbocycles. The van der Waals surface area contributed by atoms with E-state index in [4.69, 9.17) is 0 Å². The molecule has 0 bridgehead atoms. The second kappa shape index (κ2) is 6.86. The maximum Gasteiger partial charge on any atom is 0.123 e. The number of piperidine rings is 1. The van der Waals surface area contributed by atoms with Gasteiger partial charge >= 0.3 is 0 Å². The second-order valence-corrected chi connectivity index (χ2v) is 5.21. The lowest BCUT2D eigenvalue weighted by molar-refractivity contribution is 0.182. The van der Waals surface area contributed by atoms with Crippen molar-refractivity contribution in [3.63, 3.8) is 0 Å². The van der Waals surface area contributed by atoms with Crippen molar-refractivity contribution in [2.45, 2.75) is 31.7 Å². The molecule has 0 spiro atoms. The first-order chi connectivity index (χ1) is 8.75. The highest BCUT2D eigenvalue weighted by molar-refractivity contribution is 5.16. The Morgan fingerprint density at radius 3 is 3.06 bits per heavy atom. The fourth-order valence-corrected chi connectivity index (χ4v) is 2.60. The first-order valence-corrected chi connectivity index (χ1v) is 6.91. The van der Waals surface area contributed by atoms with Crippen LogP contribution in [0.2, 0.25) is 0 Å². The van der Waals surface area contributed by atoms with Crippen molar-refractivity contribution in [2.24, 2.45) is 0 Å². The van der Waals surface area contributed by atoms with E-state index in [9.17, 15) is 4.39 Å². The standard InChI is InChI=1S/C15H23FN2/c1-18-10-3-2-7-15(18)12-17-9-8-13-5-4-6-14(16)11-13/h4-6,11,15,17H,2-3,7-10,12H2,1H3.